The van der Waals surface area contributed by atoms with Gasteiger partial charge in [-0.3, -0.25) is 0 Å². The summed E-state index contributed by atoms with van der Waals surface area (Å²) in [5.41, 5.74) is 1.60. The molecule has 0 spiro atoms. The summed E-state index contributed by atoms with van der Waals surface area (Å²) in [7, 11) is 3.23. The SMILES string of the molecule is COc1ccc(Br)cc1/C=N/n1c(-c2ccccc2OC)n[nH]c1=S. The first kappa shape index (κ1) is 17.4. The van der Waals surface area contributed by atoms with Crippen LogP contribution >= 0.6 is 28.1 Å². The Morgan fingerprint density at radius 3 is 2.68 bits per heavy atom. The van der Waals surface area contributed by atoms with E-state index in [1.54, 1.807) is 25.1 Å². The molecule has 25 heavy (non-hydrogen) atoms. The van der Waals surface area contributed by atoms with Crippen molar-refractivity contribution >= 4 is 34.4 Å². The zero-order valence-electron chi connectivity index (χ0n) is 13.6. The van der Waals surface area contributed by atoms with Crippen LogP contribution in [-0.2, 0) is 0 Å². The first-order valence-corrected chi connectivity index (χ1v) is 8.53. The van der Waals surface area contributed by atoms with Gasteiger partial charge in [-0.1, -0.05) is 28.1 Å². The molecule has 6 nitrogen and oxygen atoms in total. The average Bonchev–Trinajstić information content (AvgIpc) is 3.00. The number of hydrogen-bond acceptors (Lipinski definition) is 5. The maximum Gasteiger partial charge on any atom is 0.216 e. The maximum atomic E-state index is 5.40. The van der Waals surface area contributed by atoms with Crippen molar-refractivity contribution in [2.24, 2.45) is 5.10 Å². The number of aromatic amines is 1. The van der Waals surface area contributed by atoms with Gasteiger partial charge in [-0.05, 0) is 42.5 Å². The minimum absolute atomic E-state index is 0.381. The van der Waals surface area contributed by atoms with Crippen LogP contribution < -0.4 is 9.47 Å². The lowest BCUT2D eigenvalue weighted by atomic mass is 10.2. The number of H-pyrrole nitrogens is 1. The van der Waals surface area contributed by atoms with Gasteiger partial charge >= 0.3 is 0 Å². The van der Waals surface area contributed by atoms with E-state index in [0.29, 0.717) is 22.1 Å². The van der Waals surface area contributed by atoms with Crippen molar-refractivity contribution in [3.63, 3.8) is 0 Å². The highest BCUT2D eigenvalue weighted by molar-refractivity contribution is 9.10. The Hall–Kier alpha value is -2.45. The quantitative estimate of drug-likeness (QED) is 0.496. The summed E-state index contributed by atoms with van der Waals surface area (Å²) in [4.78, 5) is 0. The highest BCUT2D eigenvalue weighted by Gasteiger charge is 2.13. The number of halogens is 1. The van der Waals surface area contributed by atoms with E-state index in [1.807, 2.05) is 42.5 Å². The Morgan fingerprint density at radius 2 is 1.92 bits per heavy atom. The first-order valence-electron chi connectivity index (χ1n) is 7.32. The standard InChI is InChI=1S/C17H15BrN4O2S/c1-23-14-8-7-12(18)9-11(14)10-19-22-16(20-21-17(22)25)13-5-3-4-6-15(13)24-2/h3-10H,1-2H3,(H,21,25)/b19-10+. The molecular weight excluding hydrogens is 404 g/mol. The van der Waals surface area contributed by atoms with E-state index in [4.69, 9.17) is 21.7 Å². The number of benzene rings is 2. The predicted molar refractivity (Wildman–Crippen MR) is 103 cm³/mol. The number of rotatable bonds is 5. The minimum Gasteiger partial charge on any atom is -0.496 e. The minimum atomic E-state index is 0.381. The number of ether oxygens (including phenoxy) is 2. The van der Waals surface area contributed by atoms with Crippen LogP contribution in [0, 0.1) is 4.77 Å². The predicted octanol–water partition coefficient (Wildman–Crippen LogP) is 4.27. The highest BCUT2D eigenvalue weighted by atomic mass is 79.9. The molecule has 1 N–H and O–H groups in total. The fraction of sp³-hybridized carbons (Fsp3) is 0.118. The smallest absolute Gasteiger partial charge is 0.216 e. The van der Waals surface area contributed by atoms with Gasteiger partial charge in [-0.25, -0.2) is 5.10 Å². The summed E-state index contributed by atoms with van der Waals surface area (Å²) >= 11 is 8.75. The Morgan fingerprint density at radius 1 is 1.16 bits per heavy atom. The molecule has 0 aliphatic heterocycles. The summed E-state index contributed by atoms with van der Waals surface area (Å²) in [6, 6.07) is 13.2. The molecule has 0 unspecified atom stereocenters. The van der Waals surface area contributed by atoms with Gasteiger partial charge in [0.1, 0.15) is 11.5 Å². The van der Waals surface area contributed by atoms with Crippen molar-refractivity contribution in [2.75, 3.05) is 14.2 Å². The molecule has 128 valence electrons. The monoisotopic (exact) mass is 418 g/mol. The van der Waals surface area contributed by atoms with Crippen LogP contribution in [0.5, 0.6) is 11.5 Å². The second-order valence-corrected chi connectivity index (χ2v) is 6.30. The number of methoxy groups -OCH3 is 2. The molecule has 0 aliphatic rings. The van der Waals surface area contributed by atoms with E-state index in [-0.39, 0.29) is 0 Å². The van der Waals surface area contributed by atoms with Crippen LogP contribution in [0.25, 0.3) is 11.4 Å². The van der Waals surface area contributed by atoms with E-state index in [0.717, 1.165) is 15.6 Å². The third-order valence-electron chi connectivity index (χ3n) is 3.50. The molecule has 0 radical (unpaired) electrons. The maximum absolute atomic E-state index is 5.40. The fourth-order valence-electron chi connectivity index (χ4n) is 2.33. The van der Waals surface area contributed by atoms with Crippen LogP contribution in [0.15, 0.2) is 52.0 Å². The van der Waals surface area contributed by atoms with E-state index < -0.39 is 0 Å². The van der Waals surface area contributed by atoms with Crippen LogP contribution in [0.3, 0.4) is 0 Å². The zero-order chi connectivity index (χ0) is 17.8. The third-order valence-corrected chi connectivity index (χ3v) is 4.26. The second-order valence-electron chi connectivity index (χ2n) is 5.00. The molecule has 1 aromatic heterocycles. The van der Waals surface area contributed by atoms with Crippen molar-refractivity contribution in [2.45, 2.75) is 0 Å². The Kier molecular flexibility index (Phi) is 5.30. The summed E-state index contributed by atoms with van der Waals surface area (Å²) in [5, 5.41) is 11.5. The molecule has 0 bridgehead atoms. The molecule has 3 aromatic rings. The van der Waals surface area contributed by atoms with Crippen LogP contribution in [0.1, 0.15) is 5.56 Å². The summed E-state index contributed by atoms with van der Waals surface area (Å²) in [6.45, 7) is 0. The molecule has 0 saturated carbocycles. The van der Waals surface area contributed by atoms with Crippen molar-refractivity contribution in [3.05, 3.63) is 57.3 Å². The van der Waals surface area contributed by atoms with Gasteiger partial charge in [-0.2, -0.15) is 14.9 Å². The van der Waals surface area contributed by atoms with E-state index in [2.05, 4.69) is 31.2 Å². The average molecular weight is 419 g/mol. The molecule has 1 heterocycles. The summed E-state index contributed by atoms with van der Waals surface area (Å²) in [5.74, 6) is 1.96. The summed E-state index contributed by atoms with van der Waals surface area (Å²) in [6.07, 6.45) is 1.67. The molecule has 0 aliphatic carbocycles. The third kappa shape index (κ3) is 3.64. The number of aromatic nitrogens is 3. The fourth-order valence-corrected chi connectivity index (χ4v) is 2.89. The van der Waals surface area contributed by atoms with Gasteiger partial charge in [0.2, 0.25) is 4.77 Å². The number of nitrogens with zero attached hydrogens (tertiary/aromatic N) is 3. The Balaban J connectivity index is 2.07. The van der Waals surface area contributed by atoms with Gasteiger partial charge in [0, 0.05) is 10.0 Å². The lowest BCUT2D eigenvalue weighted by Gasteiger charge is -2.07. The van der Waals surface area contributed by atoms with E-state index in [9.17, 15) is 0 Å². The first-order chi connectivity index (χ1) is 12.1. The van der Waals surface area contributed by atoms with E-state index in [1.165, 1.54) is 0 Å². The normalized spacial score (nSPS) is 11.0. The van der Waals surface area contributed by atoms with Crippen LogP contribution in [0.2, 0.25) is 0 Å². The van der Waals surface area contributed by atoms with Crippen molar-refractivity contribution < 1.29 is 9.47 Å². The topological polar surface area (TPSA) is 64.4 Å². The molecule has 8 heteroatoms. The van der Waals surface area contributed by atoms with Crippen molar-refractivity contribution in [1.29, 1.82) is 0 Å². The van der Waals surface area contributed by atoms with Crippen LogP contribution in [0.4, 0.5) is 0 Å². The van der Waals surface area contributed by atoms with Gasteiger partial charge < -0.3 is 9.47 Å². The van der Waals surface area contributed by atoms with Crippen molar-refractivity contribution in [1.82, 2.24) is 14.9 Å². The largest absolute Gasteiger partial charge is 0.496 e. The highest BCUT2D eigenvalue weighted by Crippen LogP contribution is 2.28. The molecular formula is C17H15BrN4O2S. The molecule has 0 fully saturated rings. The molecule has 3 rings (SSSR count). The molecule has 0 saturated heterocycles. The molecule has 0 amide bonds. The van der Waals surface area contributed by atoms with Crippen LogP contribution in [-0.4, -0.2) is 35.3 Å². The second kappa shape index (κ2) is 7.62. The van der Waals surface area contributed by atoms with E-state index >= 15 is 0 Å². The number of hydrogen-bond donors (Lipinski definition) is 1. The Labute approximate surface area is 158 Å². The van der Waals surface area contributed by atoms with Gasteiger partial charge in [0.05, 0.1) is 26.0 Å². The molecule has 2 aromatic carbocycles. The number of nitrogens with one attached hydrogen (secondary N) is 1. The van der Waals surface area contributed by atoms with Crippen molar-refractivity contribution in [3.8, 4) is 22.9 Å². The lowest BCUT2D eigenvalue weighted by Crippen LogP contribution is -1.98. The zero-order valence-corrected chi connectivity index (χ0v) is 16.0. The van der Waals surface area contributed by atoms with Gasteiger partial charge in [-0.15, -0.1) is 0 Å². The lowest BCUT2D eigenvalue weighted by molar-refractivity contribution is 0.414. The Bertz CT molecular complexity index is 981. The van der Waals surface area contributed by atoms with Gasteiger partial charge in [0.15, 0.2) is 5.82 Å². The molecule has 0 atom stereocenters. The number of para-hydroxylation sites is 1. The van der Waals surface area contributed by atoms with Gasteiger partial charge in [0.25, 0.3) is 0 Å². The summed E-state index contributed by atoms with van der Waals surface area (Å²) < 4.78 is 13.6.